The first-order valence-electron chi connectivity index (χ1n) is 8.73. The van der Waals surface area contributed by atoms with E-state index in [1.807, 2.05) is 37.3 Å². The molecule has 0 aliphatic heterocycles. The van der Waals surface area contributed by atoms with Gasteiger partial charge in [0.05, 0.1) is 18.2 Å². The van der Waals surface area contributed by atoms with Crippen molar-refractivity contribution in [2.45, 2.75) is 19.8 Å². The first-order valence-corrected chi connectivity index (χ1v) is 9.52. The molecule has 2 aromatic carbocycles. The van der Waals surface area contributed by atoms with Crippen LogP contribution in [0.1, 0.15) is 30.1 Å². The molecule has 0 atom stereocenters. The average molecular weight is 421 g/mol. The molecule has 2 rings (SSSR count). The van der Waals surface area contributed by atoms with E-state index in [0.29, 0.717) is 34.7 Å². The average Bonchev–Trinajstić information content (AvgIpc) is 2.66. The van der Waals surface area contributed by atoms with E-state index in [4.69, 9.17) is 9.47 Å². The Morgan fingerprint density at radius 2 is 1.92 bits per heavy atom. The van der Waals surface area contributed by atoms with E-state index in [9.17, 15) is 4.79 Å². The lowest BCUT2D eigenvalue weighted by atomic mass is 10.2. The summed E-state index contributed by atoms with van der Waals surface area (Å²) in [5.74, 6) is 1.03. The zero-order chi connectivity index (χ0) is 18.8. The number of para-hydroxylation sites is 1. The van der Waals surface area contributed by atoms with E-state index in [1.54, 1.807) is 19.2 Å². The first kappa shape index (κ1) is 20.1. The van der Waals surface area contributed by atoms with Crippen molar-refractivity contribution in [2.75, 3.05) is 32.1 Å². The number of hydrogen-bond acceptors (Lipinski definition) is 4. The number of hydrogen-bond donors (Lipinski definition) is 2. The van der Waals surface area contributed by atoms with Crippen LogP contribution in [-0.4, -0.2) is 32.7 Å². The van der Waals surface area contributed by atoms with Gasteiger partial charge in [0.15, 0.2) is 11.5 Å². The van der Waals surface area contributed by atoms with Crippen molar-refractivity contribution >= 4 is 27.5 Å². The van der Waals surface area contributed by atoms with Crippen molar-refractivity contribution in [1.29, 1.82) is 0 Å². The van der Waals surface area contributed by atoms with Gasteiger partial charge in [-0.2, -0.15) is 0 Å². The van der Waals surface area contributed by atoms with Gasteiger partial charge in [-0.3, -0.25) is 4.79 Å². The molecule has 2 N–H and O–H groups in total. The quantitative estimate of drug-likeness (QED) is 0.556. The third kappa shape index (κ3) is 5.95. The lowest BCUT2D eigenvalue weighted by Crippen LogP contribution is -2.26. The summed E-state index contributed by atoms with van der Waals surface area (Å²) in [5, 5.41) is 6.25. The summed E-state index contributed by atoms with van der Waals surface area (Å²) < 4.78 is 11.8. The number of carbonyl (C=O) groups is 1. The highest BCUT2D eigenvalue weighted by molar-refractivity contribution is 9.10. The Bertz CT molecular complexity index is 708. The Balaban J connectivity index is 1.85. The molecule has 0 unspecified atom stereocenters. The summed E-state index contributed by atoms with van der Waals surface area (Å²) in [5.41, 5.74) is 1.61. The molecular formula is C20H25BrN2O3. The lowest BCUT2D eigenvalue weighted by Gasteiger charge is -2.14. The topological polar surface area (TPSA) is 59.6 Å². The minimum Gasteiger partial charge on any atom is -0.493 e. The Hall–Kier alpha value is -2.21. The largest absolute Gasteiger partial charge is 0.493 e. The maximum atomic E-state index is 12.4. The van der Waals surface area contributed by atoms with E-state index >= 15 is 0 Å². The summed E-state index contributed by atoms with van der Waals surface area (Å²) in [6, 6.07) is 13.5. The van der Waals surface area contributed by atoms with Gasteiger partial charge in [0.1, 0.15) is 0 Å². The lowest BCUT2D eigenvalue weighted by molar-refractivity contribution is 0.0953. The number of amides is 1. The van der Waals surface area contributed by atoms with Gasteiger partial charge >= 0.3 is 0 Å². The third-order valence-electron chi connectivity index (χ3n) is 3.68. The number of rotatable bonds is 10. The van der Waals surface area contributed by atoms with Crippen LogP contribution in [0.4, 0.5) is 5.69 Å². The molecule has 0 heterocycles. The molecule has 0 saturated heterocycles. The third-order valence-corrected chi connectivity index (χ3v) is 4.27. The first-order chi connectivity index (χ1) is 12.7. The van der Waals surface area contributed by atoms with Crippen LogP contribution in [-0.2, 0) is 0 Å². The Morgan fingerprint density at radius 1 is 1.15 bits per heavy atom. The second kappa shape index (κ2) is 10.7. The second-order valence-electron chi connectivity index (χ2n) is 5.74. The summed E-state index contributed by atoms with van der Waals surface area (Å²) in [6.45, 7) is 4.01. The molecule has 26 heavy (non-hydrogen) atoms. The molecule has 0 spiro atoms. The van der Waals surface area contributed by atoms with Crippen LogP contribution in [0.2, 0.25) is 0 Å². The molecule has 1 amide bonds. The Labute approximate surface area is 163 Å². The van der Waals surface area contributed by atoms with E-state index in [1.165, 1.54) is 0 Å². The number of nitrogens with one attached hydrogen (secondary N) is 2. The molecule has 0 aliphatic carbocycles. The smallest absolute Gasteiger partial charge is 0.251 e. The van der Waals surface area contributed by atoms with Crippen LogP contribution in [0, 0.1) is 0 Å². The van der Waals surface area contributed by atoms with Gasteiger partial charge in [-0.15, -0.1) is 0 Å². The molecule has 5 nitrogen and oxygen atoms in total. The highest BCUT2D eigenvalue weighted by Gasteiger charge is 2.15. The molecule has 0 aliphatic rings. The fraction of sp³-hybridized carbons (Fsp3) is 0.350. The normalized spacial score (nSPS) is 10.3. The summed E-state index contributed by atoms with van der Waals surface area (Å²) in [4.78, 5) is 12.4. The fourth-order valence-electron chi connectivity index (χ4n) is 2.38. The van der Waals surface area contributed by atoms with E-state index in [0.717, 1.165) is 25.1 Å². The molecule has 0 fully saturated rings. The van der Waals surface area contributed by atoms with Crippen molar-refractivity contribution in [1.82, 2.24) is 5.32 Å². The highest BCUT2D eigenvalue weighted by atomic mass is 79.9. The number of anilines is 1. The predicted molar refractivity (Wildman–Crippen MR) is 108 cm³/mol. The molecule has 0 aromatic heterocycles. The number of ether oxygens (including phenoxy) is 2. The fourth-order valence-corrected chi connectivity index (χ4v) is 2.93. The summed E-state index contributed by atoms with van der Waals surface area (Å²) in [6.07, 6.45) is 1.73. The van der Waals surface area contributed by atoms with E-state index in [-0.39, 0.29) is 5.91 Å². The minimum atomic E-state index is -0.134. The van der Waals surface area contributed by atoms with E-state index in [2.05, 4.69) is 26.6 Å². The number of methoxy groups -OCH3 is 1. The van der Waals surface area contributed by atoms with Crippen LogP contribution in [0.3, 0.4) is 0 Å². The maximum Gasteiger partial charge on any atom is 0.251 e. The number of benzene rings is 2. The SMILES string of the molecule is CCCOc1c(Br)cc(C(=O)NCCCNc2ccccc2)cc1OC. The van der Waals surface area contributed by atoms with Crippen LogP contribution < -0.4 is 20.1 Å². The number of halogens is 1. The second-order valence-corrected chi connectivity index (χ2v) is 6.59. The molecule has 2 aromatic rings. The van der Waals surface area contributed by atoms with Crippen molar-refractivity contribution in [2.24, 2.45) is 0 Å². The zero-order valence-electron chi connectivity index (χ0n) is 15.2. The van der Waals surface area contributed by atoms with Gasteiger partial charge in [-0.05, 0) is 53.0 Å². The summed E-state index contributed by atoms with van der Waals surface area (Å²) >= 11 is 3.46. The zero-order valence-corrected chi connectivity index (χ0v) is 16.8. The molecule has 0 bridgehead atoms. The van der Waals surface area contributed by atoms with Crippen molar-refractivity contribution in [3.63, 3.8) is 0 Å². The van der Waals surface area contributed by atoms with Gasteiger partial charge in [0.2, 0.25) is 0 Å². The summed E-state index contributed by atoms with van der Waals surface area (Å²) in [7, 11) is 1.57. The Morgan fingerprint density at radius 3 is 2.62 bits per heavy atom. The van der Waals surface area contributed by atoms with Crippen molar-refractivity contribution in [3.8, 4) is 11.5 Å². The molecule has 0 radical (unpaired) electrons. The van der Waals surface area contributed by atoms with Crippen LogP contribution >= 0.6 is 15.9 Å². The van der Waals surface area contributed by atoms with Gasteiger partial charge in [0.25, 0.3) is 5.91 Å². The van der Waals surface area contributed by atoms with Crippen LogP contribution in [0.5, 0.6) is 11.5 Å². The molecule has 6 heteroatoms. The van der Waals surface area contributed by atoms with Crippen LogP contribution in [0.25, 0.3) is 0 Å². The number of carbonyl (C=O) groups excluding carboxylic acids is 1. The maximum absolute atomic E-state index is 12.4. The molecule has 0 saturated carbocycles. The van der Waals surface area contributed by atoms with Crippen LogP contribution in [0.15, 0.2) is 46.9 Å². The Kier molecular flexibility index (Phi) is 8.28. The standard InChI is InChI=1S/C20H25BrN2O3/c1-3-12-26-19-17(21)13-15(14-18(19)25-2)20(24)23-11-7-10-22-16-8-5-4-6-9-16/h4-6,8-9,13-14,22H,3,7,10-12H2,1-2H3,(H,23,24). The van der Waals surface area contributed by atoms with E-state index < -0.39 is 0 Å². The van der Waals surface area contributed by atoms with Gasteiger partial charge in [-0.1, -0.05) is 25.1 Å². The van der Waals surface area contributed by atoms with Gasteiger partial charge in [0, 0.05) is 24.3 Å². The van der Waals surface area contributed by atoms with Crippen molar-refractivity contribution < 1.29 is 14.3 Å². The van der Waals surface area contributed by atoms with Gasteiger partial charge in [-0.25, -0.2) is 0 Å². The minimum absolute atomic E-state index is 0.134. The molecule has 140 valence electrons. The highest BCUT2D eigenvalue weighted by Crippen LogP contribution is 2.36. The van der Waals surface area contributed by atoms with Crippen molar-refractivity contribution in [3.05, 3.63) is 52.5 Å². The monoisotopic (exact) mass is 420 g/mol. The van der Waals surface area contributed by atoms with Gasteiger partial charge < -0.3 is 20.1 Å². The predicted octanol–water partition coefficient (Wildman–Crippen LogP) is 4.48. The molecular weight excluding hydrogens is 396 g/mol.